The van der Waals surface area contributed by atoms with Gasteiger partial charge in [0.25, 0.3) is 0 Å². The quantitative estimate of drug-likeness (QED) is 0.796. The first-order valence-electron chi connectivity index (χ1n) is 6.20. The van der Waals surface area contributed by atoms with Crippen LogP contribution < -0.4 is 4.90 Å². The molecule has 5 nitrogen and oxygen atoms in total. The fraction of sp³-hybridized carbons (Fsp3) is 0.200. The molecule has 0 aliphatic heterocycles. The largest absolute Gasteiger partial charge is 0.274 e. The molecular formula is C15H15N3O2. The van der Waals surface area contributed by atoms with Gasteiger partial charge in [0, 0.05) is 19.2 Å². The Bertz CT molecular complexity index is 668. The number of nitrogens with zero attached hydrogens (tertiary/aromatic N) is 3. The van der Waals surface area contributed by atoms with Gasteiger partial charge in [0.1, 0.15) is 11.5 Å². The third kappa shape index (κ3) is 2.71. The van der Waals surface area contributed by atoms with E-state index in [9.17, 15) is 9.70 Å². The van der Waals surface area contributed by atoms with Gasteiger partial charge in [-0.05, 0) is 36.7 Å². The van der Waals surface area contributed by atoms with Crippen molar-refractivity contribution in [1.29, 1.82) is 0 Å². The summed E-state index contributed by atoms with van der Waals surface area (Å²) in [7, 11) is 0. The van der Waals surface area contributed by atoms with Gasteiger partial charge in [0.2, 0.25) is 5.91 Å². The second-order valence-electron chi connectivity index (χ2n) is 4.61. The number of amides is 1. The Morgan fingerprint density at radius 1 is 1.20 bits per heavy atom. The van der Waals surface area contributed by atoms with Crippen LogP contribution in [0.3, 0.4) is 0 Å². The molecular weight excluding hydrogens is 254 g/mol. The van der Waals surface area contributed by atoms with E-state index in [0.717, 1.165) is 16.8 Å². The molecule has 0 saturated heterocycles. The van der Waals surface area contributed by atoms with Crippen LogP contribution in [-0.2, 0) is 4.79 Å². The molecule has 0 aliphatic rings. The third-order valence-corrected chi connectivity index (χ3v) is 2.97. The molecule has 0 aliphatic carbocycles. The van der Waals surface area contributed by atoms with E-state index >= 15 is 0 Å². The minimum Gasteiger partial charge on any atom is -0.274 e. The maximum Gasteiger partial charge on any atom is 0.229 e. The van der Waals surface area contributed by atoms with E-state index < -0.39 is 0 Å². The number of carbonyl (C=O) groups is 1. The number of aromatic nitrogens is 1. The van der Waals surface area contributed by atoms with Crippen molar-refractivity contribution in [1.82, 2.24) is 4.98 Å². The molecule has 0 spiro atoms. The Labute approximate surface area is 117 Å². The zero-order valence-electron chi connectivity index (χ0n) is 11.6. The Balaban J connectivity index is 2.56. The summed E-state index contributed by atoms with van der Waals surface area (Å²) in [6.45, 7) is 5.38. The predicted molar refractivity (Wildman–Crippen MR) is 78.4 cm³/mol. The van der Waals surface area contributed by atoms with Gasteiger partial charge >= 0.3 is 0 Å². The summed E-state index contributed by atoms with van der Waals surface area (Å²) in [5, 5.41) is 2.88. The Hall–Kier alpha value is -2.56. The number of aryl methyl sites for hydroxylation is 2. The van der Waals surface area contributed by atoms with Crippen LogP contribution in [-0.4, -0.2) is 10.9 Å². The third-order valence-electron chi connectivity index (χ3n) is 2.97. The highest BCUT2D eigenvalue weighted by Gasteiger charge is 2.17. The number of hydrogen-bond acceptors (Lipinski definition) is 4. The first-order valence-corrected chi connectivity index (χ1v) is 6.20. The minimum atomic E-state index is -0.174. The van der Waals surface area contributed by atoms with Gasteiger partial charge in [0.05, 0.1) is 5.69 Å². The number of pyridine rings is 1. The molecule has 0 radical (unpaired) electrons. The van der Waals surface area contributed by atoms with Crippen molar-refractivity contribution < 1.29 is 4.79 Å². The Morgan fingerprint density at radius 3 is 2.55 bits per heavy atom. The highest BCUT2D eigenvalue weighted by molar-refractivity contribution is 5.99. The molecule has 0 N–H and O–H groups in total. The Morgan fingerprint density at radius 2 is 1.95 bits per heavy atom. The summed E-state index contributed by atoms with van der Waals surface area (Å²) in [5.74, 6) is 0.217. The number of anilines is 2. The number of carbonyl (C=O) groups excluding carboxylic acids is 1. The van der Waals surface area contributed by atoms with Crippen molar-refractivity contribution in [3.05, 3.63) is 52.6 Å². The lowest BCUT2D eigenvalue weighted by Crippen LogP contribution is -2.24. The molecule has 0 saturated carbocycles. The van der Waals surface area contributed by atoms with E-state index in [-0.39, 0.29) is 11.6 Å². The van der Waals surface area contributed by atoms with Crippen molar-refractivity contribution in [2.75, 3.05) is 4.90 Å². The maximum absolute atomic E-state index is 12.0. The summed E-state index contributed by atoms with van der Waals surface area (Å²) in [5.41, 5.74) is 3.07. The van der Waals surface area contributed by atoms with Crippen molar-refractivity contribution in [3.63, 3.8) is 0 Å². The first-order chi connectivity index (χ1) is 9.52. The normalized spacial score (nSPS) is 10.2. The summed E-state index contributed by atoms with van der Waals surface area (Å²) < 4.78 is 0. The van der Waals surface area contributed by atoms with E-state index in [1.165, 1.54) is 30.2 Å². The molecule has 2 rings (SSSR count). The smallest absolute Gasteiger partial charge is 0.229 e. The predicted octanol–water partition coefficient (Wildman–Crippen LogP) is 3.78. The molecule has 5 heteroatoms. The van der Waals surface area contributed by atoms with Crippen LogP contribution in [0.5, 0.6) is 0 Å². The van der Waals surface area contributed by atoms with Gasteiger partial charge in [-0.1, -0.05) is 17.7 Å². The van der Waals surface area contributed by atoms with E-state index in [1.54, 1.807) is 0 Å². The summed E-state index contributed by atoms with van der Waals surface area (Å²) >= 11 is 0. The van der Waals surface area contributed by atoms with Crippen molar-refractivity contribution >= 4 is 23.1 Å². The van der Waals surface area contributed by atoms with Crippen LogP contribution in [0.25, 0.3) is 0 Å². The van der Waals surface area contributed by atoms with Crippen LogP contribution in [0, 0.1) is 18.8 Å². The number of benzene rings is 1. The number of nitroso groups, excluding NO2 is 1. The van der Waals surface area contributed by atoms with Gasteiger partial charge in [-0.3, -0.25) is 9.69 Å². The van der Waals surface area contributed by atoms with Gasteiger partial charge < -0.3 is 0 Å². The van der Waals surface area contributed by atoms with E-state index in [0.29, 0.717) is 5.82 Å². The molecule has 102 valence electrons. The molecule has 2 aromatic rings. The monoisotopic (exact) mass is 269 g/mol. The van der Waals surface area contributed by atoms with Crippen LogP contribution in [0.15, 0.2) is 41.7 Å². The first kappa shape index (κ1) is 13.9. The zero-order valence-corrected chi connectivity index (χ0v) is 11.6. The summed E-state index contributed by atoms with van der Waals surface area (Å²) in [6, 6.07) is 8.78. The molecule has 1 aromatic heterocycles. The molecule has 0 atom stereocenters. The fourth-order valence-corrected chi connectivity index (χ4v) is 2.10. The molecule has 0 unspecified atom stereocenters. The zero-order chi connectivity index (χ0) is 14.7. The second-order valence-corrected chi connectivity index (χ2v) is 4.61. The maximum atomic E-state index is 12.0. The van der Waals surface area contributed by atoms with Crippen LogP contribution in [0.4, 0.5) is 17.2 Å². The second kappa shape index (κ2) is 5.61. The van der Waals surface area contributed by atoms with Gasteiger partial charge in [-0.2, -0.15) is 0 Å². The lowest BCUT2D eigenvalue weighted by atomic mass is 10.1. The average Bonchev–Trinajstić information content (AvgIpc) is 2.41. The molecule has 20 heavy (non-hydrogen) atoms. The van der Waals surface area contributed by atoms with Gasteiger partial charge in [0.15, 0.2) is 0 Å². The molecule has 0 bridgehead atoms. The highest BCUT2D eigenvalue weighted by Crippen LogP contribution is 2.29. The highest BCUT2D eigenvalue weighted by atomic mass is 16.3. The van der Waals surface area contributed by atoms with E-state index in [2.05, 4.69) is 10.2 Å². The Kier molecular flexibility index (Phi) is 3.89. The SMILES string of the molecule is CC(=O)N(c1cc(N=O)ccn1)c1ccc(C)cc1C. The molecule has 0 fully saturated rings. The van der Waals surface area contributed by atoms with Crippen LogP contribution in [0.2, 0.25) is 0 Å². The topological polar surface area (TPSA) is 62.6 Å². The van der Waals surface area contributed by atoms with Crippen molar-refractivity contribution in [3.8, 4) is 0 Å². The van der Waals surface area contributed by atoms with Crippen LogP contribution >= 0.6 is 0 Å². The molecule has 1 amide bonds. The van der Waals surface area contributed by atoms with Gasteiger partial charge in [-0.25, -0.2) is 4.98 Å². The average molecular weight is 269 g/mol. The standard InChI is InChI=1S/C15H15N3O2/c1-10-4-5-14(11(2)8-10)18(12(3)19)15-9-13(17-20)6-7-16-15/h4-9H,1-3H3. The molecule has 1 aromatic carbocycles. The van der Waals surface area contributed by atoms with Crippen LogP contribution in [0.1, 0.15) is 18.1 Å². The number of rotatable bonds is 3. The summed E-state index contributed by atoms with van der Waals surface area (Å²) in [4.78, 5) is 28.2. The summed E-state index contributed by atoms with van der Waals surface area (Å²) in [6.07, 6.45) is 1.46. The number of hydrogen-bond donors (Lipinski definition) is 0. The van der Waals surface area contributed by atoms with Crippen molar-refractivity contribution in [2.24, 2.45) is 5.18 Å². The minimum absolute atomic E-state index is 0.174. The van der Waals surface area contributed by atoms with Gasteiger partial charge in [-0.15, -0.1) is 4.91 Å². The lowest BCUT2D eigenvalue weighted by molar-refractivity contribution is -0.115. The lowest BCUT2D eigenvalue weighted by Gasteiger charge is -2.22. The van der Waals surface area contributed by atoms with E-state index in [1.807, 2.05) is 32.0 Å². The van der Waals surface area contributed by atoms with Crippen molar-refractivity contribution in [2.45, 2.75) is 20.8 Å². The fourth-order valence-electron chi connectivity index (χ4n) is 2.10. The molecule has 1 heterocycles. The van der Waals surface area contributed by atoms with E-state index in [4.69, 9.17) is 0 Å².